The predicted molar refractivity (Wildman–Crippen MR) is 88.3 cm³/mol. The van der Waals surface area contributed by atoms with E-state index in [1.165, 1.54) is 6.07 Å². The molecule has 5 heteroatoms. The third-order valence-corrected chi connectivity index (χ3v) is 5.37. The maximum Gasteiger partial charge on any atom is 0.147 e. The second-order valence-electron chi connectivity index (χ2n) is 4.29. The van der Waals surface area contributed by atoms with E-state index in [0.717, 1.165) is 20.0 Å². The molecule has 3 rings (SSSR count). The van der Waals surface area contributed by atoms with Gasteiger partial charge in [0.15, 0.2) is 0 Å². The van der Waals surface area contributed by atoms with Crippen molar-refractivity contribution in [1.82, 2.24) is 0 Å². The van der Waals surface area contributed by atoms with Gasteiger partial charge in [0.25, 0.3) is 0 Å². The molecule has 0 radical (unpaired) electrons. The highest BCUT2D eigenvalue weighted by molar-refractivity contribution is 9.10. The summed E-state index contributed by atoms with van der Waals surface area (Å²) in [7, 11) is 0. The number of nitrogens with one attached hydrogen (secondary N) is 1. The van der Waals surface area contributed by atoms with Crippen LogP contribution in [-0.4, -0.2) is 0 Å². The van der Waals surface area contributed by atoms with Crippen molar-refractivity contribution in [2.45, 2.75) is 6.54 Å². The van der Waals surface area contributed by atoms with Crippen LogP contribution in [-0.2, 0) is 6.54 Å². The second-order valence-corrected chi connectivity index (χ2v) is 6.65. The number of halogens is 3. The largest absolute Gasteiger partial charge is 0.377 e. The predicted octanol–water partition coefficient (Wildman–Crippen LogP) is 6.07. The zero-order valence-electron chi connectivity index (χ0n) is 10.3. The van der Waals surface area contributed by atoms with Crippen molar-refractivity contribution in [2.75, 3.05) is 5.32 Å². The van der Waals surface area contributed by atoms with E-state index >= 15 is 0 Å². The van der Waals surface area contributed by atoms with Crippen LogP contribution in [0.4, 0.5) is 10.1 Å². The molecule has 102 valence electrons. The van der Waals surface area contributed by atoms with E-state index in [1.807, 2.05) is 24.3 Å². The first-order chi connectivity index (χ1) is 9.66. The molecule has 1 N–H and O–H groups in total. The normalized spacial score (nSPS) is 10.9. The standard InChI is InChI=1S/C15H10BrClFNS/c16-10-5-3-6-11(18)15(10)19-8-13-14(17)9-4-1-2-7-12(9)20-13/h1-7,19H,8H2. The monoisotopic (exact) mass is 369 g/mol. The first-order valence-corrected chi connectivity index (χ1v) is 7.99. The van der Waals surface area contributed by atoms with Gasteiger partial charge >= 0.3 is 0 Å². The highest BCUT2D eigenvalue weighted by Crippen LogP contribution is 2.36. The van der Waals surface area contributed by atoms with Gasteiger partial charge in [0.2, 0.25) is 0 Å². The SMILES string of the molecule is Fc1cccc(Br)c1NCc1sc2ccccc2c1Cl. The van der Waals surface area contributed by atoms with Crippen LogP contribution in [0.15, 0.2) is 46.9 Å². The van der Waals surface area contributed by atoms with Crippen LogP contribution in [0.25, 0.3) is 10.1 Å². The first-order valence-electron chi connectivity index (χ1n) is 6.00. The molecule has 0 aliphatic heterocycles. The average Bonchev–Trinajstić information content (AvgIpc) is 2.76. The molecule has 0 amide bonds. The van der Waals surface area contributed by atoms with E-state index in [-0.39, 0.29) is 5.82 Å². The molecule has 0 unspecified atom stereocenters. The van der Waals surface area contributed by atoms with Crippen molar-refractivity contribution >= 4 is 54.6 Å². The number of fused-ring (bicyclic) bond motifs is 1. The second kappa shape index (κ2) is 5.72. The minimum Gasteiger partial charge on any atom is -0.377 e. The number of benzene rings is 2. The van der Waals surface area contributed by atoms with Crippen LogP contribution < -0.4 is 5.32 Å². The summed E-state index contributed by atoms with van der Waals surface area (Å²) in [4.78, 5) is 1.00. The van der Waals surface area contributed by atoms with E-state index in [9.17, 15) is 4.39 Å². The molecule has 0 spiro atoms. The lowest BCUT2D eigenvalue weighted by atomic mass is 10.2. The lowest BCUT2D eigenvalue weighted by Gasteiger charge is -2.08. The van der Waals surface area contributed by atoms with Crippen LogP contribution in [0.2, 0.25) is 5.02 Å². The molecule has 0 fully saturated rings. The molecule has 0 saturated carbocycles. The van der Waals surface area contributed by atoms with Gasteiger partial charge in [-0.15, -0.1) is 11.3 Å². The van der Waals surface area contributed by atoms with Gasteiger partial charge in [-0.25, -0.2) is 4.39 Å². The van der Waals surface area contributed by atoms with Crippen LogP contribution in [0.5, 0.6) is 0 Å². The fraction of sp³-hybridized carbons (Fsp3) is 0.0667. The van der Waals surface area contributed by atoms with Gasteiger partial charge in [-0.05, 0) is 34.1 Å². The van der Waals surface area contributed by atoms with Gasteiger partial charge in [0.1, 0.15) is 5.82 Å². The Kier molecular flexibility index (Phi) is 3.96. The molecule has 20 heavy (non-hydrogen) atoms. The number of hydrogen-bond acceptors (Lipinski definition) is 2. The maximum absolute atomic E-state index is 13.7. The topological polar surface area (TPSA) is 12.0 Å². The van der Waals surface area contributed by atoms with E-state index in [1.54, 1.807) is 23.5 Å². The van der Waals surface area contributed by atoms with Crippen molar-refractivity contribution in [3.63, 3.8) is 0 Å². The zero-order valence-corrected chi connectivity index (χ0v) is 13.4. The van der Waals surface area contributed by atoms with Crippen molar-refractivity contribution in [3.8, 4) is 0 Å². The molecular weight excluding hydrogens is 361 g/mol. The molecule has 0 aliphatic rings. The Morgan fingerprint density at radius 1 is 1.15 bits per heavy atom. The third-order valence-electron chi connectivity index (χ3n) is 2.99. The maximum atomic E-state index is 13.7. The number of anilines is 1. The summed E-state index contributed by atoms with van der Waals surface area (Å²) in [5.41, 5.74) is 0.459. The molecule has 0 atom stereocenters. The van der Waals surface area contributed by atoms with Crippen LogP contribution >= 0.6 is 38.9 Å². The van der Waals surface area contributed by atoms with Gasteiger partial charge in [-0.2, -0.15) is 0 Å². The number of thiophene rings is 1. The summed E-state index contributed by atoms with van der Waals surface area (Å²) in [6.45, 7) is 0.498. The molecular formula is C15H10BrClFNS. The number of rotatable bonds is 3. The Balaban J connectivity index is 1.89. The summed E-state index contributed by atoms with van der Waals surface area (Å²) in [5, 5.41) is 4.89. The van der Waals surface area contributed by atoms with E-state index in [2.05, 4.69) is 21.2 Å². The fourth-order valence-electron chi connectivity index (χ4n) is 2.01. The van der Waals surface area contributed by atoms with Crippen molar-refractivity contribution in [3.05, 3.63) is 62.7 Å². The Hall–Kier alpha value is -1.10. The fourth-order valence-corrected chi connectivity index (χ4v) is 3.94. The molecule has 1 aromatic heterocycles. The van der Waals surface area contributed by atoms with E-state index in [0.29, 0.717) is 16.7 Å². The van der Waals surface area contributed by atoms with Crippen molar-refractivity contribution in [2.24, 2.45) is 0 Å². The molecule has 0 aliphatic carbocycles. The summed E-state index contributed by atoms with van der Waals surface area (Å²) in [6, 6.07) is 12.9. The molecule has 1 heterocycles. The highest BCUT2D eigenvalue weighted by atomic mass is 79.9. The van der Waals surface area contributed by atoms with Crippen molar-refractivity contribution in [1.29, 1.82) is 0 Å². The van der Waals surface area contributed by atoms with Gasteiger partial charge in [-0.3, -0.25) is 0 Å². The molecule has 3 aromatic rings. The molecule has 2 aromatic carbocycles. The smallest absolute Gasteiger partial charge is 0.147 e. The van der Waals surface area contributed by atoms with E-state index < -0.39 is 0 Å². The summed E-state index contributed by atoms with van der Waals surface area (Å²) >= 11 is 11.3. The lowest BCUT2D eigenvalue weighted by molar-refractivity contribution is 0.629. The molecule has 1 nitrogen and oxygen atoms in total. The molecule has 0 bridgehead atoms. The van der Waals surface area contributed by atoms with Gasteiger partial charge in [0.05, 0.1) is 17.3 Å². The summed E-state index contributed by atoms with van der Waals surface area (Å²) in [6.07, 6.45) is 0. The van der Waals surface area contributed by atoms with Crippen LogP contribution in [0, 0.1) is 5.82 Å². The number of para-hydroxylation sites is 1. The van der Waals surface area contributed by atoms with E-state index in [4.69, 9.17) is 11.6 Å². The average molecular weight is 371 g/mol. The van der Waals surface area contributed by atoms with Crippen LogP contribution in [0.3, 0.4) is 0 Å². The quantitative estimate of drug-likeness (QED) is 0.590. The Morgan fingerprint density at radius 2 is 1.95 bits per heavy atom. The Labute approximate surface area is 133 Å². The third kappa shape index (κ3) is 2.55. The summed E-state index contributed by atoms with van der Waals surface area (Å²) < 4.78 is 15.6. The lowest BCUT2D eigenvalue weighted by Crippen LogP contribution is -2.01. The minimum atomic E-state index is -0.281. The van der Waals surface area contributed by atoms with Gasteiger partial charge < -0.3 is 5.32 Å². The first kappa shape index (κ1) is 13.9. The minimum absolute atomic E-state index is 0.281. The van der Waals surface area contributed by atoms with Crippen LogP contribution in [0.1, 0.15) is 4.88 Å². The van der Waals surface area contributed by atoms with Gasteiger partial charge in [0, 0.05) is 19.4 Å². The Morgan fingerprint density at radius 3 is 2.70 bits per heavy atom. The zero-order chi connectivity index (χ0) is 14.1. The van der Waals surface area contributed by atoms with Gasteiger partial charge in [-0.1, -0.05) is 35.9 Å². The summed E-state index contributed by atoms with van der Waals surface area (Å²) in [5.74, 6) is -0.281. The number of hydrogen-bond donors (Lipinski definition) is 1. The highest BCUT2D eigenvalue weighted by Gasteiger charge is 2.11. The van der Waals surface area contributed by atoms with Crippen molar-refractivity contribution < 1.29 is 4.39 Å². The molecule has 0 saturated heterocycles. The Bertz CT molecular complexity index is 751.